The first-order valence-corrected chi connectivity index (χ1v) is 12.0. The number of carbonyl (C=O) groups is 2. The molecule has 2 aliphatic heterocycles. The van der Waals surface area contributed by atoms with Crippen LogP contribution in [0.4, 0.5) is 0 Å². The Balaban J connectivity index is 1.67. The summed E-state index contributed by atoms with van der Waals surface area (Å²) in [5.74, 6) is -0.229. The van der Waals surface area contributed by atoms with Crippen molar-refractivity contribution in [3.63, 3.8) is 0 Å². The van der Waals surface area contributed by atoms with Gasteiger partial charge in [0.25, 0.3) is 0 Å². The molecule has 2 heterocycles. The van der Waals surface area contributed by atoms with Crippen molar-refractivity contribution in [1.82, 2.24) is 4.90 Å². The number of amides is 1. The maximum absolute atomic E-state index is 13.6. The van der Waals surface area contributed by atoms with Crippen molar-refractivity contribution in [3.05, 3.63) is 76.0 Å². The molecule has 0 bridgehead atoms. The Morgan fingerprint density at radius 2 is 1.94 bits per heavy atom. The van der Waals surface area contributed by atoms with E-state index in [2.05, 4.69) is 0 Å². The molecule has 2 aromatic rings. The normalized spacial score (nSPS) is 21.5. The number of carbonyl (C=O) groups excluding carboxylic acids is 2. The number of nitrogens with zero attached hydrogens (tertiary/aromatic N) is 1. The molecule has 34 heavy (non-hydrogen) atoms. The number of para-hydroxylation sites is 1. The summed E-state index contributed by atoms with van der Waals surface area (Å²) in [4.78, 5) is 28.5. The Morgan fingerprint density at radius 3 is 2.62 bits per heavy atom. The van der Waals surface area contributed by atoms with Crippen LogP contribution in [0.1, 0.15) is 56.3 Å². The zero-order valence-corrected chi connectivity index (χ0v) is 20.5. The van der Waals surface area contributed by atoms with E-state index in [1.165, 1.54) is 0 Å². The highest BCUT2D eigenvalue weighted by molar-refractivity contribution is 6.30. The standard InChI is InChI=1S/C27H30ClNO5/c1-17-26(27(31)34-18(2)22-8-4-5-9-24(22)32-3)23(19-10-12-20(28)13-11-19)15-25(30)29(17)16-21-7-6-14-33-21/h4-5,8-13,18,21,23H,6-7,14-16H2,1-3H3/t18-,21-,23+/m0/s1. The van der Waals surface area contributed by atoms with Crippen molar-refractivity contribution < 1.29 is 23.8 Å². The predicted molar refractivity (Wildman–Crippen MR) is 130 cm³/mol. The van der Waals surface area contributed by atoms with Gasteiger partial charge in [0.2, 0.25) is 5.91 Å². The maximum Gasteiger partial charge on any atom is 0.337 e. The number of allylic oxidation sites excluding steroid dienone is 1. The third-order valence-corrected chi connectivity index (χ3v) is 6.84. The number of benzene rings is 2. The third kappa shape index (κ3) is 5.13. The number of hydrogen-bond acceptors (Lipinski definition) is 5. The number of esters is 1. The largest absolute Gasteiger partial charge is 0.496 e. The molecule has 0 spiro atoms. The topological polar surface area (TPSA) is 65.1 Å². The molecule has 6 nitrogen and oxygen atoms in total. The Bertz CT molecular complexity index is 1070. The second-order valence-electron chi connectivity index (χ2n) is 8.74. The lowest BCUT2D eigenvalue weighted by atomic mass is 9.83. The van der Waals surface area contributed by atoms with E-state index in [1.807, 2.05) is 50.2 Å². The summed E-state index contributed by atoms with van der Waals surface area (Å²) in [5.41, 5.74) is 2.74. The molecule has 0 unspecified atom stereocenters. The summed E-state index contributed by atoms with van der Waals surface area (Å²) in [7, 11) is 1.59. The molecule has 1 amide bonds. The summed E-state index contributed by atoms with van der Waals surface area (Å²) in [5, 5.41) is 0.598. The molecule has 0 radical (unpaired) electrons. The van der Waals surface area contributed by atoms with Crippen molar-refractivity contribution in [2.45, 2.75) is 51.2 Å². The lowest BCUT2D eigenvalue weighted by Gasteiger charge is -2.36. The third-order valence-electron chi connectivity index (χ3n) is 6.59. The second-order valence-corrected chi connectivity index (χ2v) is 9.17. The van der Waals surface area contributed by atoms with Crippen LogP contribution >= 0.6 is 11.6 Å². The van der Waals surface area contributed by atoms with Crippen molar-refractivity contribution in [2.24, 2.45) is 0 Å². The summed E-state index contributed by atoms with van der Waals surface area (Å²) in [6.07, 6.45) is 1.52. The van der Waals surface area contributed by atoms with Gasteiger partial charge in [0.15, 0.2) is 0 Å². The van der Waals surface area contributed by atoms with Gasteiger partial charge >= 0.3 is 5.97 Å². The lowest BCUT2D eigenvalue weighted by Crippen LogP contribution is -2.42. The van der Waals surface area contributed by atoms with E-state index in [4.69, 9.17) is 25.8 Å². The first-order chi connectivity index (χ1) is 16.4. The Morgan fingerprint density at radius 1 is 1.21 bits per heavy atom. The van der Waals surface area contributed by atoms with Crippen LogP contribution in [0.2, 0.25) is 5.02 Å². The van der Waals surface area contributed by atoms with Crippen LogP contribution in [-0.2, 0) is 19.1 Å². The van der Waals surface area contributed by atoms with Gasteiger partial charge in [-0.2, -0.15) is 0 Å². The van der Waals surface area contributed by atoms with Crippen molar-refractivity contribution in [2.75, 3.05) is 20.3 Å². The minimum absolute atomic E-state index is 0.0178. The van der Waals surface area contributed by atoms with Crippen LogP contribution in [0, 0.1) is 0 Å². The molecule has 3 atom stereocenters. The van der Waals surface area contributed by atoms with Gasteiger partial charge in [-0.05, 0) is 50.5 Å². The quantitative estimate of drug-likeness (QED) is 0.492. The van der Waals surface area contributed by atoms with Gasteiger partial charge in [0, 0.05) is 35.2 Å². The average molecular weight is 484 g/mol. The van der Waals surface area contributed by atoms with E-state index in [9.17, 15) is 9.59 Å². The molecule has 0 saturated carbocycles. The monoisotopic (exact) mass is 483 g/mol. The zero-order valence-electron chi connectivity index (χ0n) is 19.8. The highest BCUT2D eigenvalue weighted by Crippen LogP contribution is 2.39. The van der Waals surface area contributed by atoms with Crippen LogP contribution in [0.3, 0.4) is 0 Å². The SMILES string of the molecule is COc1ccccc1[C@H](C)OC(=O)C1=C(C)N(C[C@@H]2CCCO2)C(=O)C[C@@H]1c1ccc(Cl)cc1. The Kier molecular flexibility index (Phi) is 7.59. The molecular formula is C27H30ClNO5. The number of methoxy groups -OCH3 is 1. The van der Waals surface area contributed by atoms with Gasteiger partial charge in [-0.3, -0.25) is 4.79 Å². The van der Waals surface area contributed by atoms with Gasteiger partial charge in [-0.25, -0.2) is 4.79 Å². The number of rotatable bonds is 7. The molecule has 1 fully saturated rings. The minimum Gasteiger partial charge on any atom is -0.496 e. The zero-order chi connectivity index (χ0) is 24.2. The summed E-state index contributed by atoms with van der Waals surface area (Å²) in [6, 6.07) is 14.7. The molecule has 0 aliphatic carbocycles. The summed E-state index contributed by atoms with van der Waals surface area (Å²) >= 11 is 6.09. The molecule has 4 rings (SSSR count). The predicted octanol–water partition coefficient (Wildman–Crippen LogP) is 5.42. The van der Waals surface area contributed by atoms with E-state index < -0.39 is 18.0 Å². The molecule has 1 saturated heterocycles. The van der Waals surface area contributed by atoms with Crippen molar-refractivity contribution in [3.8, 4) is 5.75 Å². The van der Waals surface area contributed by atoms with Gasteiger partial charge in [-0.15, -0.1) is 0 Å². The smallest absolute Gasteiger partial charge is 0.337 e. The molecule has 0 aromatic heterocycles. The number of ether oxygens (including phenoxy) is 3. The van der Waals surface area contributed by atoms with E-state index in [-0.39, 0.29) is 18.4 Å². The van der Waals surface area contributed by atoms with E-state index in [0.29, 0.717) is 35.2 Å². The van der Waals surface area contributed by atoms with Crippen LogP contribution in [0.15, 0.2) is 59.8 Å². The molecule has 0 N–H and O–H groups in total. The number of halogens is 1. The van der Waals surface area contributed by atoms with Gasteiger partial charge in [-0.1, -0.05) is 41.9 Å². The van der Waals surface area contributed by atoms with Crippen LogP contribution in [0.5, 0.6) is 5.75 Å². The first-order valence-electron chi connectivity index (χ1n) is 11.6. The average Bonchev–Trinajstić information content (AvgIpc) is 3.35. The fourth-order valence-electron chi connectivity index (χ4n) is 4.76. The molecule has 7 heteroatoms. The second kappa shape index (κ2) is 10.6. The molecule has 2 aromatic carbocycles. The highest BCUT2D eigenvalue weighted by Gasteiger charge is 2.38. The van der Waals surface area contributed by atoms with E-state index in [1.54, 1.807) is 24.1 Å². The van der Waals surface area contributed by atoms with Crippen molar-refractivity contribution in [1.29, 1.82) is 0 Å². The Labute approximate surface area is 205 Å². The van der Waals surface area contributed by atoms with Gasteiger partial charge in [0.1, 0.15) is 11.9 Å². The van der Waals surface area contributed by atoms with E-state index in [0.717, 1.165) is 24.0 Å². The fourth-order valence-corrected chi connectivity index (χ4v) is 4.89. The minimum atomic E-state index is -0.529. The number of hydrogen-bond donors (Lipinski definition) is 0. The van der Waals surface area contributed by atoms with Crippen LogP contribution < -0.4 is 4.74 Å². The first kappa shape index (κ1) is 24.3. The van der Waals surface area contributed by atoms with Crippen LogP contribution in [0.25, 0.3) is 0 Å². The fraction of sp³-hybridized carbons (Fsp3) is 0.407. The van der Waals surface area contributed by atoms with Crippen molar-refractivity contribution >= 4 is 23.5 Å². The van der Waals surface area contributed by atoms with Gasteiger partial charge < -0.3 is 19.1 Å². The summed E-state index contributed by atoms with van der Waals surface area (Å²) < 4.78 is 17.1. The maximum atomic E-state index is 13.6. The highest BCUT2D eigenvalue weighted by atomic mass is 35.5. The molecular weight excluding hydrogens is 454 g/mol. The van der Waals surface area contributed by atoms with Crippen LogP contribution in [-0.4, -0.2) is 43.1 Å². The van der Waals surface area contributed by atoms with Gasteiger partial charge in [0.05, 0.1) is 25.3 Å². The lowest BCUT2D eigenvalue weighted by molar-refractivity contribution is -0.145. The molecule has 180 valence electrons. The summed E-state index contributed by atoms with van der Waals surface area (Å²) in [6.45, 7) is 4.78. The molecule has 2 aliphatic rings. The van der Waals surface area contributed by atoms with E-state index >= 15 is 0 Å². The Hall–Kier alpha value is -2.83.